The second-order valence-electron chi connectivity index (χ2n) is 7.20. The van der Waals surface area contributed by atoms with Crippen LogP contribution < -0.4 is 20.7 Å². The zero-order valence-electron chi connectivity index (χ0n) is 17.9. The number of urea groups is 1. The molecule has 32 heavy (non-hydrogen) atoms. The van der Waals surface area contributed by atoms with Crippen LogP contribution in [-0.2, 0) is 9.53 Å². The number of aromatic nitrogens is 2. The summed E-state index contributed by atoms with van der Waals surface area (Å²) in [5.74, 6) is 0.779. The van der Waals surface area contributed by atoms with Crippen molar-refractivity contribution in [2.75, 3.05) is 56.6 Å². The highest BCUT2D eigenvalue weighted by atomic mass is 35.5. The van der Waals surface area contributed by atoms with Crippen molar-refractivity contribution >= 4 is 35.0 Å². The molecule has 172 valence electrons. The van der Waals surface area contributed by atoms with Gasteiger partial charge in [0, 0.05) is 24.7 Å². The van der Waals surface area contributed by atoms with E-state index in [9.17, 15) is 9.59 Å². The summed E-state index contributed by atoms with van der Waals surface area (Å²) < 4.78 is 11.1. The van der Waals surface area contributed by atoms with Crippen molar-refractivity contribution in [3.05, 3.63) is 41.3 Å². The fraction of sp³-hybridized carbons (Fsp3) is 0.429. The van der Waals surface area contributed by atoms with E-state index in [2.05, 4.69) is 30.8 Å². The maximum absolute atomic E-state index is 12.3. The van der Waals surface area contributed by atoms with Gasteiger partial charge in [-0.2, -0.15) is 0 Å². The van der Waals surface area contributed by atoms with Gasteiger partial charge in [0.25, 0.3) is 0 Å². The molecular weight excluding hydrogens is 436 g/mol. The van der Waals surface area contributed by atoms with E-state index in [1.165, 1.54) is 6.20 Å². The Kier molecular flexibility index (Phi) is 9.02. The third-order valence-corrected chi connectivity index (χ3v) is 4.82. The third kappa shape index (κ3) is 7.95. The molecule has 10 nitrogen and oxygen atoms in total. The van der Waals surface area contributed by atoms with Crippen molar-refractivity contribution in [3.63, 3.8) is 0 Å². The molecule has 1 fully saturated rings. The van der Waals surface area contributed by atoms with Gasteiger partial charge in [-0.1, -0.05) is 11.6 Å². The molecule has 0 unspecified atom stereocenters. The maximum Gasteiger partial charge on any atom is 0.325 e. The largest absolute Gasteiger partial charge is 0.491 e. The van der Waals surface area contributed by atoms with Crippen molar-refractivity contribution in [1.29, 1.82) is 0 Å². The van der Waals surface area contributed by atoms with Crippen molar-refractivity contribution in [3.8, 4) is 5.75 Å². The number of nitrogens with one attached hydrogen (secondary N) is 3. The Hall–Kier alpha value is -2.95. The molecule has 3 N–H and O–H groups in total. The van der Waals surface area contributed by atoms with Gasteiger partial charge in [0.2, 0.25) is 5.91 Å². The first kappa shape index (κ1) is 23.7. The number of amides is 3. The van der Waals surface area contributed by atoms with Crippen LogP contribution in [0.4, 0.5) is 16.3 Å². The summed E-state index contributed by atoms with van der Waals surface area (Å²) in [5.41, 5.74) is 1.17. The van der Waals surface area contributed by atoms with Crippen LogP contribution >= 0.6 is 11.6 Å². The smallest absolute Gasteiger partial charge is 0.325 e. The van der Waals surface area contributed by atoms with Gasteiger partial charge in [-0.25, -0.2) is 9.78 Å². The highest BCUT2D eigenvalue weighted by molar-refractivity contribution is 6.31. The summed E-state index contributed by atoms with van der Waals surface area (Å²) in [6, 6.07) is 4.46. The normalized spacial score (nSPS) is 13.9. The molecule has 11 heteroatoms. The number of hydrogen-bond donors (Lipinski definition) is 3. The zero-order chi connectivity index (χ0) is 22.8. The molecule has 0 atom stereocenters. The van der Waals surface area contributed by atoms with Crippen LogP contribution in [0.5, 0.6) is 5.75 Å². The minimum absolute atomic E-state index is 0.0170. The average Bonchev–Trinajstić information content (AvgIpc) is 2.77. The first-order valence-corrected chi connectivity index (χ1v) is 10.7. The van der Waals surface area contributed by atoms with Crippen LogP contribution in [0, 0.1) is 6.92 Å². The van der Waals surface area contributed by atoms with Crippen molar-refractivity contribution in [1.82, 2.24) is 20.2 Å². The predicted octanol–water partition coefficient (Wildman–Crippen LogP) is 2.30. The zero-order valence-corrected chi connectivity index (χ0v) is 18.7. The lowest BCUT2D eigenvalue weighted by atomic mass is 10.3. The molecule has 1 aliphatic rings. The lowest BCUT2D eigenvalue weighted by molar-refractivity contribution is -0.123. The Morgan fingerprint density at radius 1 is 1.19 bits per heavy atom. The number of aryl methyl sites for hydroxylation is 1. The molecule has 1 saturated heterocycles. The van der Waals surface area contributed by atoms with Crippen LogP contribution in [0.2, 0.25) is 5.02 Å². The first-order valence-electron chi connectivity index (χ1n) is 10.4. The Bertz CT molecular complexity index is 906. The van der Waals surface area contributed by atoms with E-state index in [1.54, 1.807) is 24.4 Å². The average molecular weight is 463 g/mol. The SMILES string of the molecule is Cc1cnc(NC(=O)Nc2cc(Cl)ccc2OCCCNC(=O)CN2CCOCC2)cn1. The van der Waals surface area contributed by atoms with Crippen LogP contribution in [0.1, 0.15) is 12.1 Å². The van der Waals surface area contributed by atoms with Gasteiger partial charge in [-0.05, 0) is 31.5 Å². The van der Waals surface area contributed by atoms with E-state index >= 15 is 0 Å². The molecule has 0 saturated carbocycles. The molecule has 1 aromatic heterocycles. The number of halogens is 1. The first-order chi connectivity index (χ1) is 15.5. The Balaban J connectivity index is 1.42. The van der Waals surface area contributed by atoms with E-state index in [4.69, 9.17) is 21.1 Å². The van der Waals surface area contributed by atoms with Gasteiger partial charge in [0.05, 0.1) is 50.1 Å². The van der Waals surface area contributed by atoms with Crippen LogP contribution in [-0.4, -0.2) is 72.8 Å². The molecule has 2 aromatic rings. The molecule has 3 amide bonds. The van der Waals surface area contributed by atoms with E-state index in [1.807, 2.05) is 6.92 Å². The second-order valence-corrected chi connectivity index (χ2v) is 7.64. The molecule has 2 heterocycles. The van der Waals surface area contributed by atoms with Gasteiger partial charge in [-0.15, -0.1) is 0 Å². The molecule has 1 aromatic carbocycles. The summed E-state index contributed by atoms with van der Waals surface area (Å²) in [4.78, 5) is 34.5. The number of rotatable bonds is 9. The molecular formula is C21H27ClN6O4. The quantitative estimate of drug-likeness (QED) is 0.489. The Labute approximate surface area is 191 Å². The third-order valence-electron chi connectivity index (χ3n) is 4.58. The number of anilines is 2. The summed E-state index contributed by atoms with van der Waals surface area (Å²) in [5, 5.41) is 8.66. The molecule has 0 spiro atoms. The number of morpholine rings is 1. The monoisotopic (exact) mass is 462 g/mol. The van der Waals surface area contributed by atoms with E-state index in [0.717, 1.165) is 18.8 Å². The number of hydrogen-bond acceptors (Lipinski definition) is 7. The van der Waals surface area contributed by atoms with E-state index in [-0.39, 0.29) is 5.91 Å². The Morgan fingerprint density at radius 2 is 2.00 bits per heavy atom. The second kappa shape index (κ2) is 12.2. The molecule has 0 radical (unpaired) electrons. The molecule has 0 aliphatic carbocycles. The van der Waals surface area contributed by atoms with Gasteiger partial charge in [0.15, 0.2) is 5.82 Å². The highest BCUT2D eigenvalue weighted by Crippen LogP contribution is 2.28. The van der Waals surface area contributed by atoms with Crippen LogP contribution in [0.3, 0.4) is 0 Å². The van der Waals surface area contributed by atoms with Crippen molar-refractivity contribution < 1.29 is 19.1 Å². The number of carbonyl (C=O) groups is 2. The fourth-order valence-corrected chi connectivity index (χ4v) is 3.13. The number of benzene rings is 1. The number of nitrogens with zero attached hydrogens (tertiary/aromatic N) is 3. The van der Waals surface area contributed by atoms with Gasteiger partial charge in [-0.3, -0.25) is 20.0 Å². The number of carbonyl (C=O) groups excluding carboxylic acids is 2. The van der Waals surface area contributed by atoms with Crippen LogP contribution in [0.25, 0.3) is 0 Å². The topological polar surface area (TPSA) is 118 Å². The Morgan fingerprint density at radius 3 is 2.75 bits per heavy atom. The summed E-state index contributed by atoms with van der Waals surface area (Å²) in [6.07, 6.45) is 3.64. The van der Waals surface area contributed by atoms with Crippen molar-refractivity contribution in [2.45, 2.75) is 13.3 Å². The lowest BCUT2D eigenvalue weighted by Crippen LogP contribution is -2.43. The van der Waals surface area contributed by atoms with Crippen molar-refractivity contribution in [2.24, 2.45) is 0 Å². The number of ether oxygens (including phenoxy) is 2. The van der Waals surface area contributed by atoms with Crippen LogP contribution in [0.15, 0.2) is 30.6 Å². The van der Waals surface area contributed by atoms with E-state index < -0.39 is 6.03 Å². The summed E-state index contributed by atoms with van der Waals surface area (Å²) in [7, 11) is 0. The molecule has 3 rings (SSSR count). The van der Waals surface area contributed by atoms with Gasteiger partial charge in [0.1, 0.15) is 5.75 Å². The minimum atomic E-state index is -0.495. The summed E-state index contributed by atoms with van der Waals surface area (Å²) >= 11 is 6.07. The maximum atomic E-state index is 12.3. The fourth-order valence-electron chi connectivity index (χ4n) is 2.95. The summed E-state index contributed by atoms with van der Waals surface area (Å²) in [6.45, 7) is 5.90. The lowest BCUT2D eigenvalue weighted by Gasteiger charge is -2.25. The molecule has 1 aliphatic heterocycles. The standard InChI is InChI=1S/C21H27ClN6O4/c1-15-12-25-19(13-24-15)27-21(30)26-17-11-16(22)3-4-18(17)32-8-2-5-23-20(29)14-28-6-9-31-10-7-28/h3-4,11-13H,2,5-10,14H2,1H3,(H,23,29)(H2,25,26,27,30). The highest BCUT2D eigenvalue weighted by Gasteiger charge is 2.14. The minimum Gasteiger partial charge on any atom is -0.491 e. The predicted molar refractivity (Wildman–Crippen MR) is 121 cm³/mol. The van der Waals surface area contributed by atoms with E-state index in [0.29, 0.717) is 61.6 Å². The van der Waals surface area contributed by atoms with Gasteiger partial charge >= 0.3 is 6.03 Å². The van der Waals surface area contributed by atoms with Gasteiger partial charge < -0.3 is 20.1 Å². The molecule has 0 bridgehead atoms.